The summed E-state index contributed by atoms with van der Waals surface area (Å²) in [4.78, 5) is 17.3. The Morgan fingerprint density at radius 3 is 2.91 bits per heavy atom. The predicted octanol–water partition coefficient (Wildman–Crippen LogP) is 2.45. The van der Waals surface area contributed by atoms with E-state index in [0.717, 1.165) is 6.42 Å². The van der Waals surface area contributed by atoms with Crippen molar-refractivity contribution >= 4 is 17.2 Å². The van der Waals surface area contributed by atoms with Crippen LogP contribution in [0, 0.1) is 19.8 Å². The molecule has 6 nitrogen and oxygen atoms in total. The van der Waals surface area contributed by atoms with Gasteiger partial charge in [-0.15, -0.1) is 21.5 Å². The van der Waals surface area contributed by atoms with E-state index in [0.29, 0.717) is 37.4 Å². The Morgan fingerprint density at radius 2 is 2.22 bits per heavy atom. The molecule has 0 bridgehead atoms. The quantitative estimate of drug-likeness (QED) is 0.863. The van der Waals surface area contributed by atoms with Gasteiger partial charge in [-0.05, 0) is 25.5 Å². The first kappa shape index (κ1) is 14.8. The van der Waals surface area contributed by atoms with Gasteiger partial charge in [-0.25, -0.2) is 0 Å². The Hall–Kier alpha value is -1.73. The minimum Gasteiger partial charge on any atom is -0.423 e. The molecular formula is C16H19N3O3S. The number of hydrogen-bond donors (Lipinski definition) is 0. The molecule has 23 heavy (non-hydrogen) atoms. The zero-order chi connectivity index (χ0) is 16.0. The van der Waals surface area contributed by atoms with Gasteiger partial charge in [0.25, 0.3) is 0 Å². The molecule has 7 heteroatoms. The van der Waals surface area contributed by atoms with Crippen LogP contribution in [0.25, 0.3) is 0 Å². The van der Waals surface area contributed by atoms with Crippen LogP contribution in [-0.2, 0) is 9.53 Å². The van der Waals surface area contributed by atoms with Crippen LogP contribution in [0.1, 0.15) is 40.0 Å². The van der Waals surface area contributed by atoms with Gasteiger partial charge in [-0.1, -0.05) is 0 Å². The highest BCUT2D eigenvalue weighted by atomic mass is 32.1. The van der Waals surface area contributed by atoms with Crippen LogP contribution in [0.3, 0.4) is 0 Å². The van der Waals surface area contributed by atoms with Gasteiger partial charge in [-0.3, -0.25) is 4.79 Å². The molecule has 122 valence electrons. The first-order valence-electron chi connectivity index (χ1n) is 7.88. The van der Waals surface area contributed by atoms with Crippen LogP contribution in [0.4, 0.5) is 0 Å². The molecule has 2 fully saturated rings. The number of hydrogen-bond acceptors (Lipinski definition) is 6. The van der Waals surface area contributed by atoms with Gasteiger partial charge < -0.3 is 14.1 Å². The molecule has 2 aliphatic rings. The zero-order valence-electron chi connectivity index (χ0n) is 13.2. The normalized spacial score (nSPS) is 27.2. The Balaban J connectivity index is 1.41. The van der Waals surface area contributed by atoms with Crippen molar-refractivity contribution in [1.82, 2.24) is 15.1 Å². The fourth-order valence-electron chi connectivity index (χ4n) is 3.11. The van der Waals surface area contributed by atoms with Gasteiger partial charge in [0, 0.05) is 35.1 Å². The average molecular weight is 333 g/mol. The van der Waals surface area contributed by atoms with Crippen LogP contribution >= 0.6 is 11.3 Å². The molecule has 3 heterocycles. The summed E-state index contributed by atoms with van der Waals surface area (Å²) >= 11 is 1.80. The van der Waals surface area contributed by atoms with Gasteiger partial charge in [0.15, 0.2) is 6.10 Å². The monoisotopic (exact) mass is 333 g/mol. The van der Waals surface area contributed by atoms with Gasteiger partial charge in [0.2, 0.25) is 17.7 Å². The van der Waals surface area contributed by atoms with Crippen LogP contribution in [0.2, 0.25) is 0 Å². The van der Waals surface area contributed by atoms with Gasteiger partial charge in [0.05, 0.1) is 13.2 Å². The number of carbonyl (C=O) groups is 1. The second-order valence-electron chi connectivity index (χ2n) is 6.20. The topological polar surface area (TPSA) is 68.5 Å². The summed E-state index contributed by atoms with van der Waals surface area (Å²) in [5.41, 5.74) is 0. The molecule has 0 aromatic carbocycles. The number of thiophene rings is 1. The molecule has 1 amide bonds. The Bertz CT molecular complexity index is 726. The summed E-state index contributed by atoms with van der Waals surface area (Å²) in [6.07, 6.45) is 0.649. The second-order valence-corrected chi connectivity index (χ2v) is 7.52. The number of ether oxygens (including phenoxy) is 1. The number of nitrogens with zero attached hydrogens (tertiary/aromatic N) is 3. The van der Waals surface area contributed by atoms with Gasteiger partial charge in [0.1, 0.15) is 0 Å². The molecule has 0 radical (unpaired) electrons. The van der Waals surface area contributed by atoms with Crippen LogP contribution in [-0.4, -0.2) is 40.7 Å². The smallest absolute Gasteiger partial charge is 0.246 e. The Morgan fingerprint density at radius 1 is 1.35 bits per heavy atom. The van der Waals surface area contributed by atoms with E-state index in [1.807, 2.05) is 4.90 Å². The molecule has 4 rings (SSSR count). The largest absolute Gasteiger partial charge is 0.423 e. The Kier molecular flexibility index (Phi) is 3.69. The van der Waals surface area contributed by atoms with Crippen LogP contribution in [0.15, 0.2) is 16.5 Å². The lowest BCUT2D eigenvalue weighted by Gasteiger charge is -2.31. The highest BCUT2D eigenvalue weighted by molar-refractivity contribution is 7.12. The predicted molar refractivity (Wildman–Crippen MR) is 84.2 cm³/mol. The highest BCUT2D eigenvalue weighted by Crippen LogP contribution is 2.50. The van der Waals surface area contributed by atoms with E-state index < -0.39 is 0 Å². The molecule has 2 aromatic heterocycles. The first-order chi connectivity index (χ1) is 11.1. The molecule has 3 atom stereocenters. The van der Waals surface area contributed by atoms with E-state index in [-0.39, 0.29) is 17.9 Å². The third kappa shape index (κ3) is 2.90. The van der Waals surface area contributed by atoms with E-state index in [2.05, 4.69) is 29.3 Å². The SMILES string of the molecule is Cc1nnc([C@@H]2CN(C(=O)[C@@H]3C[C@H]3c3ccc(C)s3)CCO2)o1. The summed E-state index contributed by atoms with van der Waals surface area (Å²) in [5.74, 6) is 1.72. The van der Waals surface area contributed by atoms with E-state index in [1.165, 1.54) is 9.75 Å². The molecule has 1 saturated carbocycles. The fraction of sp³-hybridized carbons (Fsp3) is 0.562. The van der Waals surface area contributed by atoms with Crippen molar-refractivity contribution in [2.24, 2.45) is 5.92 Å². The summed E-state index contributed by atoms with van der Waals surface area (Å²) < 4.78 is 11.1. The van der Waals surface area contributed by atoms with E-state index in [4.69, 9.17) is 9.15 Å². The number of aromatic nitrogens is 2. The van der Waals surface area contributed by atoms with Gasteiger partial charge >= 0.3 is 0 Å². The molecular weight excluding hydrogens is 314 g/mol. The molecule has 0 unspecified atom stereocenters. The lowest BCUT2D eigenvalue weighted by Crippen LogP contribution is -2.43. The van der Waals surface area contributed by atoms with Crippen molar-refractivity contribution in [3.63, 3.8) is 0 Å². The molecule has 1 aliphatic heterocycles. The summed E-state index contributed by atoms with van der Waals surface area (Å²) in [7, 11) is 0. The van der Waals surface area contributed by atoms with Crippen molar-refractivity contribution in [2.45, 2.75) is 32.3 Å². The maximum absolute atomic E-state index is 12.7. The molecule has 1 saturated heterocycles. The number of morpholine rings is 1. The number of aryl methyl sites for hydroxylation is 2. The average Bonchev–Trinajstić information content (AvgIpc) is 3.04. The van der Waals surface area contributed by atoms with Crippen molar-refractivity contribution in [2.75, 3.05) is 19.7 Å². The van der Waals surface area contributed by atoms with Crippen LogP contribution < -0.4 is 0 Å². The van der Waals surface area contributed by atoms with E-state index in [9.17, 15) is 4.79 Å². The standard InChI is InChI=1S/C16H19N3O3S/c1-9-3-4-14(23-9)11-7-12(11)16(20)19-5-6-21-13(8-19)15-18-17-10(2)22-15/h3-4,11-13H,5-8H2,1-2H3/t11-,12-,13+/m1/s1. The first-order valence-corrected chi connectivity index (χ1v) is 8.70. The third-order valence-corrected chi connectivity index (χ3v) is 5.56. The molecule has 0 N–H and O–H groups in total. The molecule has 2 aromatic rings. The van der Waals surface area contributed by atoms with Crippen molar-refractivity contribution < 1.29 is 13.9 Å². The lowest BCUT2D eigenvalue weighted by atomic mass is 10.2. The molecule has 0 spiro atoms. The summed E-state index contributed by atoms with van der Waals surface area (Å²) in [5, 5.41) is 7.85. The van der Waals surface area contributed by atoms with E-state index in [1.54, 1.807) is 18.3 Å². The van der Waals surface area contributed by atoms with Crippen molar-refractivity contribution in [3.05, 3.63) is 33.7 Å². The number of amides is 1. The summed E-state index contributed by atoms with van der Waals surface area (Å²) in [6, 6.07) is 4.28. The highest BCUT2D eigenvalue weighted by Gasteiger charge is 2.47. The minimum atomic E-state index is -0.310. The Labute approximate surface area is 138 Å². The number of carbonyl (C=O) groups excluding carboxylic acids is 1. The zero-order valence-corrected chi connectivity index (χ0v) is 14.0. The summed E-state index contributed by atoms with van der Waals surface area (Å²) in [6.45, 7) is 5.49. The maximum Gasteiger partial charge on any atom is 0.246 e. The third-order valence-electron chi connectivity index (χ3n) is 4.43. The molecule has 1 aliphatic carbocycles. The van der Waals surface area contributed by atoms with Crippen LogP contribution in [0.5, 0.6) is 0 Å². The maximum atomic E-state index is 12.7. The fourth-order valence-corrected chi connectivity index (χ4v) is 4.17. The van der Waals surface area contributed by atoms with Gasteiger partial charge in [-0.2, -0.15) is 0 Å². The van der Waals surface area contributed by atoms with E-state index >= 15 is 0 Å². The van der Waals surface area contributed by atoms with Crippen molar-refractivity contribution in [3.8, 4) is 0 Å². The second kappa shape index (κ2) is 5.72. The lowest BCUT2D eigenvalue weighted by molar-refractivity contribution is -0.141. The van der Waals surface area contributed by atoms with Crippen molar-refractivity contribution in [1.29, 1.82) is 0 Å². The minimum absolute atomic E-state index is 0.122. The number of rotatable bonds is 3.